The van der Waals surface area contributed by atoms with E-state index in [1.54, 1.807) is 11.8 Å². The van der Waals surface area contributed by atoms with Gasteiger partial charge in [0.05, 0.1) is 19.2 Å². The van der Waals surface area contributed by atoms with Crippen molar-refractivity contribution in [1.29, 1.82) is 0 Å². The summed E-state index contributed by atoms with van der Waals surface area (Å²) in [6.07, 6.45) is 0.504. The Morgan fingerprint density at radius 2 is 1.64 bits per heavy atom. The van der Waals surface area contributed by atoms with Gasteiger partial charge in [0.1, 0.15) is 5.69 Å². The maximum Gasteiger partial charge on any atom is 0.355 e. The Balaban J connectivity index is 1.48. The number of esters is 2. The summed E-state index contributed by atoms with van der Waals surface area (Å²) in [4.78, 5) is 56.3. The van der Waals surface area contributed by atoms with E-state index in [-0.39, 0.29) is 24.1 Å². The van der Waals surface area contributed by atoms with Crippen LogP contribution < -0.4 is 5.32 Å². The number of rotatable bonds is 8. The quantitative estimate of drug-likeness (QED) is 0.536. The zero-order valence-electron chi connectivity index (χ0n) is 21.5. The number of carbonyl (C=O) groups excluding carboxylic acids is 4. The van der Waals surface area contributed by atoms with Crippen molar-refractivity contribution >= 4 is 29.4 Å². The summed E-state index contributed by atoms with van der Waals surface area (Å²) in [5, 5.41) is 2.98. The number of anilines is 1. The number of ether oxygens (including phenoxy) is 2. The zero-order valence-corrected chi connectivity index (χ0v) is 21.5. The highest BCUT2D eigenvalue weighted by molar-refractivity contribution is 5.99. The molecule has 0 aliphatic carbocycles. The van der Waals surface area contributed by atoms with E-state index in [2.05, 4.69) is 10.3 Å². The molecule has 1 aliphatic heterocycles. The lowest BCUT2D eigenvalue weighted by Crippen LogP contribution is -2.51. The van der Waals surface area contributed by atoms with Gasteiger partial charge in [-0.05, 0) is 43.9 Å². The molecular formula is C26H34N4O6. The van der Waals surface area contributed by atoms with Gasteiger partial charge in [0.15, 0.2) is 6.61 Å². The van der Waals surface area contributed by atoms with Crippen molar-refractivity contribution in [1.82, 2.24) is 14.8 Å². The Morgan fingerprint density at radius 3 is 2.22 bits per heavy atom. The first-order valence-electron chi connectivity index (χ1n) is 12.0. The topological polar surface area (TPSA) is 121 Å². The highest BCUT2D eigenvalue weighted by Crippen LogP contribution is 2.21. The second-order valence-corrected chi connectivity index (χ2v) is 8.87. The van der Waals surface area contributed by atoms with E-state index in [1.165, 1.54) is 7.11 Å². The first kappa shape index (κ1) is 26.9. The third-order valence-electron chi connectivity index (χ3n) is 6.44. The van der Waals surface area contributed by atoms with E-state index in [9.17, 15) is 19.2 Å². The molecule has 2 aromatic rings. The number of H-pyrrole nitrogens is 1. The van der Waals surface area contributed by atoms with Crippen molar-refractivity contribution in [2.45, 2.75) is 34.1 Å². The maximum absolute atomic E-state index is 12.6. The average molecular weight is 499 g/mol. The highest BCUT2D eigenvalue weighted by atomic mass is 16.5. The third kappa shape index (κ3) is 6.12. The molecule has 3 rings (SSSR count). The fraction of sp³-hybridized carbons (Fsp3) is 0.462. The molecule has 0 atom stereocenters. The predicted molar refractivity (Wildman–Crippen MR) is 134 cm³/mol. The van der Waals surface area contributed by atoms with Crippen molar-refractivity contribution in [2.75, 3.05) is 51.8 Å². The van der Waals surface area contributed by atoms with Crippen molar-refractivity contribution in [2.24, 2.45) is 0 Å². The molecule has 1 saturated heterocycles. The molecule has 2 heterocycles. The second-order valence-electron chi connectivity index (χ2n) is 8.87. The fourth-order valence-electron chi connectivity index (χ4n) is 4.35. The van der Waals surface area contributed by atoms with E-state index in [4.69, 9.17) is 9.47 Å². The van der Waals surface area contributed by atoms with Gasteiger partial charge >= 0.3 is 11.9 Å². The van der Waals surface area contributed by atoms with Gasteiger partial charge in [0.2, 0.25) is 5.91 Å². The number of aryl methyl sites for hydroxylation is 3. The van der Waals surface area contributed by atoms with Gasteiger partial charge in [-0.25, -0.2) is 9.59 Å². The molecule has 2 N–H and O–H groups in total. The van der Waals surface area contributed by atoms with Gasteiger partial charge in [0, 0.05) is 37.6 Å². The minimum Gasteiger partial charge on any atom is -0.465 e. The van der Waals surface area contributed by atoms with E-state index in [1.807, 2.05) is 43.9 Å². The number of nitrogens with zero attached hydrogens (tertiary/aromatic N) is 2. The van der Waals surface area contributed by atoms with Crippen LogP contribution >= 0.6 is 0 Å². The van der Waals surface area contributed by atoms with Crippen molar-refractivity contribution in [3.63, 3.8) is 0 Å². The smallest absolute Gasteiger partial charge is 0.355 e. The zero-order chi connectivity index (χ0) is 26.4. The second kappa shape index (κ2) is 11.9. The molecule has 0 unspecified atom stereocenters. The number of para-hydroxylation sites is 1. The molecule has 1 aromatic heterocycles. The van der Waals surface area contributed by atoms with Crippen LogP contribution in [0.1, 0.15) is 50.2 Å². The molecule has 1 aliphatic rings. The molecule has 0 saturated carbocycles. The number of piperazine rings is 1. The Morgan fingerprint density at radius 1 is 1.00 bits per heavy atom. The van der Waals surface area contributed by atoms with Crippen LogP contribution in [0.15, 0.2) is 18.2 Å². The first-order valence-corrected chi connectivity index (χ1v) is 12.0. The molecule has 10 nitrogen and oxygen atoms in total. The fourth-order valence-corrected chi connectivity index (χ4v) is 4.35. The number of methoxy groups -OCH3 is 1. The van der Waals surface area contributed by atoms with Crippen LogP contribution in [-0.4, -0.2) is 85.0 Å². The number of hydrogen-bond donors (Lipinski definition) is 2. The SMILES string of the molecule is CCc1[nH]c(C(=O)OCC(=O)N2CCN(CC(=O)Nc3c(C)cccc3C)CC2)c(C)c1C(=O)OC. The van der Waals surface area contributed by atoms with Crippen LogP contribution in [0, 0.1) is 20.8 Å². The number of nitrogens with one attached hydrogen (secondary N) is 2. The number of aromatic amines is 1. The summed E-state index contributed by atoms with van der Waals surface area (Å²) in [7, 11) is 1.28. The van der Waals surface area contributed by atoms with E-state index in [0.29, 0.717) is 49.4 Å². The number of aromatic nitrogens is 1. The Kier molecular flexibility index (Phi) is 8.87. The van der Waals surface area contributed by atoms with Gasteiger partial charge in [0.25, 0.3) is 5.91 Å². The normalized spacial score (nSPS) is 13.9. The minimum absolute atomic E-state index is 0.0970. The minimum atomic E-state index is -0.701. The molecule has 194 valence electrons. The number of amides is 2. The molecule has 10 heteroatoms. The number of carbonyl (C=O) groups is 4. The largest absolute Gasteiger partial charge is 0.465 e. The molecular weight excluding hydrogens is 464 g/mol. The van der Waals surface area contributed by atoms with Crippen molar-refractivity contribution < 1.29 is 28.7 Å². The van der Waals surface area contributed by atoms with E-state index < -0.39 is 18.5 Å². The maximum atomic E-state index is 12.6. The highest BCUT2D eigenvalue weighted by Gasteiger charge is 2.27. The lowest BCUT2D eigenvalue weighted by Gasteiger charge is -2.34. The molecule has 0 bridgehead atoms. The van der Waals surface area contributed by atoms with Crippen LogP contribution in [0.2, 0.25) is 0 Å². The molecule has 2 amide bonds. The molecule has 36 heavy (non-hydrogen) atoms. The number of hydrogen-bond acceptors (Lipinski definition) is 7. The third-order valence-corrected chi connectivity index (χ3v) is 6.44. The number of benzene rings is 1. The predicted octanol–water partition coefficient (Wildman–Crippen LogP) is 2.23. The summed E-state index contributed by atoms with van der Waals surface area (Å²) < 4.78 is 10.0. The summed E-state index contributed by atoms with van der Waals surface area (Å²) in [6, 6.07) is 5.87. The Hall–Kier alpha value is -3.66. The van der Waals surface area contributed by atoms with Crippen molar-refractivity contribution in [3.8, 4) is 0 Å². The van der Waals surface area contributed by atoms with Crippen LogP contribution in [0.4, 0.5) is 5.69 Å². The van der Waals surface area contributed by atoms with E-state index in [0.717, 1.165) is 16.8 Å². The van der Waals surface area contributed by atoms with Gasteiger partial charge in [-0.3, -0.25) is 14.5 Å². The van der Waals surface area contributed by atoms with Crippen LogP contribution in [-0.2, 0) is 25.5 Å². The molecule has 0 spiro atoms. The lowest BCUT2D eigenvalue weighted by atomic mass is 10.1. The Bertz CT molecular complexity index is 1130. The van der Waals surface area contributed by atoms with E-state index >= 15 is 0 Å². The summed E-state index contributed by atoms with van der Waals surface area (Å²) in [5.41, 5.74) is 4.32. The Labute approximate surface area is 210 Å². The van der Waals surface area contributed by atoms with Gasteiger partial charge in [-0.1, -0.05) is 25.1 Å². The van der Waals surface area contributed by atoms with Crippen molar-refractivity contribution in [3.05, 3.63) is 51.8 Å². The van der Waals surface area contributed by atoms with Gasteiger partial charge in [-0.15, -0.1) is 0 Å². The summed E-state index contributed by atoms with van der Waals surface area (Å²) in [5.74, 6) is -1.64. The molecule has 1 fully saturated rings. The van der Waals surface area contributed by atoms with Gasteiger partial charge < -0.3 is 24.7 Å². The van der Waals surface area contributed by atoms with Crippen LogP contribution in [0.25, 0.3) is 0 Å². The standard InChI is InChI=1S/C26H34N4O6/c1-6-19-22(25(33)35-5)18(4)24(27-19)26(34)36-15-21(32)30-12-10-29(11-13-30)14-20(31)28-23-16(2)8-7-9-17(23)3/h7-9,27H,6,10-15H2,1-5H3,(H,28,31). The van der Waals surface area contributed by atoms with Crippen LogP contribution in [0.3, 0.4) is 0 Å². The van der Waals surface area contributed by atoms with Gasteiger partial charge in [-0.2, -0.15) is 0 Å². The monoisotopic (exact) mass is 498 g/mol. The lowest BCUT2D eigenvalue weighted by molar-refractivity contribution is -0.136. The molecule has 1 aromatic carbocycles. The summed E-state index contributed by atoms with van der Waals surface area (Å²) in [6.45, 7) is 9.17. The first-order chi connectivity index (χ1) is 17.2. The average Bonchev–Trinajstić information content (AvgIpc) is 3.20. The summed E-state index contributed by atoms with van der Waals surface area (Å²) >= 11 is 0. The molecule has 0 radical (unpaired) electrons. The van der Waals surface area contributed by atoms with Crippen LogP contribution in [0.5, 0.6) is 0 Å².